The molecule has 3 aromatic carbocycles. The number of carbonyl (C=O) groups excluding carboxylic acids is 2. The van der Waals surface area contributed by atoms with Gasteiger partial charge < -0.3 is 24.7 Å². The molecule has 0 radical (unpaired) electrons. The Hall–Kier alpha value is -5.12. The molecule has 0 aliphatic carbocycles. The fourth-order valence-corrected chi connectivity index (χ4v) is 4.79. The molecule has 5 rings (SSSR count). The molecule has 5 aromatic rings. The van der Waals surface area contributed by atoms with Crippen molar-refractivity contribution in [1.29, 1.82) is 0 Å². The second kappa shape index (κ2) is 12.8. The van der Waals surface area contributed by atoms with Crippen LogP contribution < -0.4 is 14.8 Å². The number of carbonyl (C=O) groups is 2. The van der Waals surface area contributed by atoms with Gasteiger partial charge in [0.25, 0.3) is 5.91 Å². The van der Waals surface area contributed by atoms with Gasteiger partial charge in [-0.1, -0.05) is 36.4 Å². The van der Waals surface area contributed by atoms with Crippen molar-refractivity contribution in [3.8, 4) is 17.2 Å². The zero-order valence-corrected chi connectivity index (χ0v) is 23.0. The molecule has 1 unspecified atom stereocenters. The Labute approximate surface area is 237 Å². The summed E-state index contributed by atoms with van der Waals surface area (Å²) >= 11 is 0. The number of aromatic amines is 1. The number of benzene rings is 3. The molecule has 2 N–H and O–H groups in total. The smallest absolute Gasteiger partial charge is 0.258 e. The summed E-state index contributed by atoms with van der Waals surface area (Å²) < 4.78 is 12.9. The van der Waals surface area contributed by atoms with Crippen LogP contribution in [0.5, 0.6) is 11.5 Å². The van der Waals surface area contributed by atoms with Gasteiger partial charge in [-0.3, -0.25) is 9.59 Å². The van der Waals surface area contributed by atoms with Crippen LogP contribution in [0, 0.1) is 0 Å². The van der Waals surface area contributed by atoms with Gasteiger partial charge in [0, 0.05) is 42.7 Å². The zero-order chi connectivity index (χ0) is 28.6. The number of ether oxygens (including phenoxy) is 2. The van der Waals surface area contributed by atoms with Crippen molar-refractivity contribution in [1.82, 2.24) is 30.0 Å². The van der Waals surface area contributed by atoms with E-state index >= 15 is 0 Å². The Morgan fingerprint density at radius 1 is 1.02 bits per heavy atom. The molecule has 10 heteroatoms. The van der Waals surface area contributed by atoms with Gasteiger partial charge in [-0.25, -0.2) is 9.67 Å². The van der Waals surface area contributed by atoms with E-state index in [9.17, 15) is 9.59 Å². The minimum atomic E-state index is -0.362. The van der Waals surface area contributed by atoms with Crippen molar-refractivity contribution in [2.24, 2.45) is 0 Å². The van der Waals surface area contributed by atoms with Crippen LogP contribution in [0.15, 0.2) is 91.6 Å². The zero-order valence-electron chi connectivity index (χ0n) is 23.0. The SMILES string of the molecule is COc1ccccc1CN(CC(Cc1c[nH]c2ccccc12)NC(=O)COc1ccc(-n2cncn2)cc1)C(C)=O. The summed E-state index contributed by atoms with van der Waals surface area (Å²) in [6.45, 7) is 2.03. The van der Waals surface area contributed by atoms with Crippen LogP contribution in [0.3, 0.4) is 0 Å². The Balaban J connectivity index is 1.29. The molecule has 10 nitrogen and oxygen atoms in total. The fourth-order valence-electron chi connectivity index (χ4n) is 4.79. The van der Waals surface area contributed by atoms with Gasteiger partial charge in [-0.2, -0.15) is 5.10 Å². The van der Waals surface area contributed by atoms with E-state index in [0.717, 1.165) is 27.7 Å². The number of aromatic nitrogens is 4. The number of H-pyrrole nitrogens is 1. The number of hydrogen-bond acceptors (Lipinski definition) is 6. The molecule has 0 saturated heterocycles. The lowest BCUT2D eigenvalue weighted by atomic mass is 10.0. The lowest BCUT2D eigenvalue weighted by Gasteiger charge is -2.28. The average Bonchev–Trinajstić information content (AvgIpc) is 3.67. The number of rotatable bonds is 12. The number of nitrogens with zero attached hydrogens (tertiary/aromatic N) is 4. The summed E-state index contributed by atoms with van der Waals surface area (Å²) in [6, 6.07) is 22.5. The molecule has 0 saturated carbocycles. The van der Waals surface area contributed by atoms with Gasteiger partial charge in [0.2, 0.25) is 5.91 Å². The second-order valence-electron chi connectivity index (χ2n) is 9.66. The first kappa shape index (κ1) is 27.4. The maximum Gasteiger partial charge on any atom is 0.258 e. The Morgan fingerprint density at radius 3 is 2.56 bits per heavy atom. The molecular formula is C31H32N6O4. The normalized spacial score (nSPS) is 11.7. The van der Waals surface area contributed by atoms with Gasteiger partial charge in [-0.15, -0.1) is 0 Å². The first-order chi connectivity index (χ1) is 20.0. The minimum absolute atomic E-state index is 0.0993. The van der Waals surface area contributed by atoms with Crippen LogP contribution in [-0.2, 0) is 22.6 Å². The van der Waals surface area contributed by atoms with Crippen LogP contribution >= 0.6 is 0 Å². The summed E-state index contributed by atoms with van der Waals surface area (Å²) in [5.41, 5.74) is 3.79. The molecule has 0 aliphatic heterocycles. The topological polar surface area (TPSA) is 114 Å². The second-order valence-corrected chi connectivity index (χ2v) is 9.66. The molecule has 2 heterocycles. The van der Waals surface area contributed by atoms with Gasteiger partial charge in [-0.05, 0) is 48.4 Å². The molecule has 2 amide bonds. The van der Waals surface area contributed by atoms with E-state index in [2.05, 4.69) is 20.4 Å². The first-order valence-electron chi connectivity index (χ1n) is 13.3. The molecule has 0 fully saturated rings. The monoisotopic (exact) mass is 552 g/mol. The van der Waals surface area contributed by atoms with E-state index in [1.165, 1.54) is 13.3 Å². The first-order valence-corrected chi connectivity index (χ1v) is 13.3. The molecule has 0 bridgehead atoms. The number of methoxy groups -OCH3 is 1. The largest absolute Gasteiger partial charge is 0.496 e. The van der Waals surface area contributed by atoms with Gasteiger partial charge >= 0.3 is 0 Å². The molecule has 1 atom stereocenters. The number of fused-ring (bicyclic) bond motifs is 1. The van der Waals surface area contributed by atoms with Crippen molar-refractivity contribution in [3.05, 3.63) is 103 Å². The van der Waals surface area contributed by atoms with Crippen molar-refractivity contribution < 1.29 is 19.1 Å². The van der Waals surface area contributed by atoms with Crippen LogP contribution in [0.4, 0.5) is 0 Å². The van der Waals surface area contributed by atoms with E-state index < -0.39 is 0 Å². The van der Waals surface area contributed by atoms with Crippen molar-refractivity contribution in [2.75, 3.05) is 20.3 Å². The van der Waals surface area contributed by atoms with Gasteiger partial charge in [0.05, 0.1) is 18.8 Å². The number of amides is 2. The van der Waals surface area contributed by atoms with Gasteiger partial charge in [0.15, 0.2) is 6.61 Å². The quantitative estimate of drug-likeness (QED) is 0.243. The molecule has 210 valence electrons. The summed E-state index contributed by atoms with van der Waals surface area (Å²) in [5.74, 6) is 0.881. The molecule has 0 spiro atoms. The predicted octanol–water partition coefficient (Wildman–Crippen LogP) is 3.91. The summed E-state index contributed by atoms with van der Waals surface area (Å²) in [4.78, 5) is 34.8. The van der Waals surface area contributed by atoms with Crippen LogP contribution in [-0.4, -0.2) is 62.8 Å². The number of para-hydroxylation sites is 2. The Morgan fingerprint density at radius 2 is 1.80 bits per heavy atom. The summed E-state index contributed by atoms with van der Waals surface area (Å²) in [7, 11) is 1.61. The highest BCUT2D eigenvalue weighted by molar-refractivity contribution is 5.83. The highest BCUT2D eigenvalue weighted by Crippen LogP contribution is 2.22. The molecular weight excluding hydrogens is 520 g/mol. The molecule has 41 heavy (non-hydrogen) atoms. The lowest BCUT2D eigenvalue weighted by molar-refractivity contribution is -0.131. The third kappa shape index (κ3) is 6.91. The van der Waals surface area contributed by atoms with E-state index in [0.29, 0.717) is 31.0 Å². The Bertz CT molecular complexity index is 1600. The van der Waals surface area contributed by atoms with Crippen LogP contribution in [0.25, 0.3) is 16.6 Å². The maximum atomic E-state index is 13.1. The van der Waals surface area contributed by atoms with E-state index in [1.807, 2.05) is 66.9 Å². The fraction of sp³-hybridized carbons (Fsp3) is 0.226. The van der Waals surface area contributed by atoms with Crippen LogP contribution in [0.1, 0.15) is 18.1 Å². The van der Waals surface area contributed by atoms with Crippen molar-refractivity contribution >= 4 is 22.7 Å². The van der Waals surface area contributed by atoms with Crippen molar-refractivity contribution in [3.63, 3.8) is 0 Å². The number of nitrogens with one attached hydrogen (secondary N) is 2. The van der Waals surface area contributed by atoms with Gasteiger partial charge in [0.1, 0.15) is 24.2 Å². The van der Waals surface area contributed by atoms with Crippen molar-refractivity contribution in [2.45, 2.75) is 25.9 Å². The van der Waals surface area contributed by atoms with E-state index in [-0.39, 0.29) is 24.5 Å². The third-order valence-corrected chi connectivity index (χ3v) is 6.84. The highest BCUT2D eigenvalue weighted by Gasteiger charge is 2.22. The van der Waals surface area contributed by atoms with Crippen LogP contribution in [0.2, 0.25) is 0 Å². The predicted molar refractivity (Wildman–Crippen MR) is 155 cm³/mol. The highest BCUT2D eigenvalue weighted by atomic mass is 16.5. The molecule has 2 aromatic heterocycles. The maximum absolute atomic E-state index is 13.1. The molecule has 0 aliphatic rings. The minimum Gasteiger partial charge on any atom is -0.496 e. The standard InChI is InChI=1S/C31H32N6O4/c1-22(38)36(17-23-7-3-6-10-30(23)40-2)18-25(15-24-16-33-29-9-5-4-8-28(24)29)35-31(39)19-41-27-13-11-26(12-14-27)37-21-32-20-34-37/h3-14,16,20-21,25,33H,15,17-19H2,1-2H3,(H,35,39). The third-order valence-electron chi connectivity index (χ3n) is 6.84. The number of hydrogen-bond donors (Lipinski definition) is 2. The average molecular weight is 553 g/mol. The van der Waals surface area contributed by atoms with E-state index in [1.54, 1.807) is 35.2 Å². The summed E-state index contributed by atoms with van der Waals surface area (Å²) in [6.07, 6.45) is 5.55. The van der Waals surface area contributed by atoms with E-state index in [4.69, 9.17) is 9.47 Å². The lowest BCUT2D eigenvalue weighted by Crippen LogP contribution is -2.47. The Kier molecular flexibility index (Phi) is 8.58. The summed E-state index contributed by atoms with van der Waals surface area (Å²) in [5, 5.41) is 8.28.